The van der Waals surface area contributed by atoms with Crippen molar-refractivity contribution >= 4 is 29.4 Å². The molecule has 0 aromatic carbocycles. The zero-order chi connectivity index (χ0) is 10.2. The summed E-state index contributed by atoms with van der Waals surface area (Å²) >= 11 is 5.09. The van der Waals surface area contributed by atoms with E-state index >= 15 is 0 Å². The highest BCUT2D eigenvalue weighted by Gasteiger charge is 2.17. The minimum atomic E-state index is -2.80. The highest BCUT2D eigenvalue weighted by molar-refractivity contribution is 8.84. The average Bonchev–Trinajstić information content (AvgIpc) is 2.05. The number of thiol groups is 1. The Kier molecular flexibility index (Phi) is 8.65. The van der Waals surface area contributed by atoms with E-state index in [0.717, 1.165) is 0 Å². The van der Waals surface area contributed by atoms with Crippen LogP contribution in [0, 0.1) is 0 Å². The number of rotatable bonds is 8. The van der Waals surface area contributed by atoms with Crippen LogP contribution in [0.25, 0.3) is 0 Å². The standard InChI is InChI=1S/C6H15O4PS2/c1-8-3-4-10-11(7,12)13-6-5-9-2/h3-6H2,1-2H3,(H,7,12). The molecule has 4 nitrogen and oxygen atoms in total. The largest absolute Gasteiger partial charge is 0.384 e. The van der Waals surface area contributed by atoms with Crippen molar-refractivity contribution < 1.29 is 18.6 Å². The lowest BCUT2D eigenvalue weighted by Crippen LogP contribution is -1.98. The van der Waals surface area contributed by atoms with Gasteiger partial charge in [0.25, 0.3) is 0 Å². The molecule has 0 saturated heterocycles. The van der Waals surface area contributed by atoms with Gasteiger partial charge in [-0.25, -0.2) is 0 Å². The Balaban J connectivity index is 3.49. The van der Waals surface area contributed by atoms with E-state index in [4.69, 9.17) is 14.0 Å². The predicted molar refractivity (Wildman–Crippen MR) is 58.8 cm³/mol. The van der Waals surface area contributed by atoms with Gasteiger partial charge in [-0.1, -0.05) is 23.6 Å². The maximum Gasteiger partial charge on any atom is 0.310 e. The van der Waals surface area contributed by atoms with Gasteiger partial charge in [-0.15, -0.1) is 0 Å². The summed E-state index contributed by atoms with van der Waals surface area (Å²) in [6.07, 6.45) is 0. The highest BCUT2D eigenvalue weighted by Crippen LogP contribution is 2.63. The van der Waals surface area contributed by atoms with E-state index < -0.39 is 5.77 Å². The third-order valence-corrected chi connectivity index (χ3v) is 5.50. The van der Waals surface area contributed by atoms with Crippen LogP contribution in [0.15, 0.2) is 0 Å². The molecule has 1 atom stereocenters. The molecule has 0 aliphatic rings. The molecule has 0 radical (unpaired) electrons. The molecular formula is C6H15O4PS2. The van der Waals surface area contributed by atoms with Crippen LogP contribution in [0.2, 0.25) is 0 Å². The first kappa shape index (κ1) is 13.8. The molecule has 0 aromatic heterocycles. The molecular weight excluding hydrogens is 231 g/mol. The quantitative estimate of drug-likeness (QED) is 0.403. The van der Waals surface area contributed by atoms with Crippen molar-refractivity contribution in [3.63, 3.8) is 0 Å². The van der Waals surface area contributed by atoms with Crippen LogP contribution >= 0.6 is 29.4 Å². The summed E-state index contributed by atoms with van der Waals surface area (Å²) < 4.78 is 26.0. The van der Waals surface area contributed by atoms with Gasteiger partial charge in [-0.2, -0.15) is 0 Å². The Morgan fingerprint density at radius 2 is 1.85 bits per heavy atom. The van der Waals surface area contributed by atoms with Gasteiger partial charge in [0.05, 0.1) is 19.8 Å². The lowest BCUT2D eigenvalue weighted by molar-refractivity contribution is 0.151. The van der Waals surface area contributed by atoms with Crippen molar-refractivity contribution in [2.24, 2.45) is 0 Å². The Bertz CT molecular complexity index is 153. The molecule has 0 aliphatic heterocycles. The first-order valence-corrected chi connectivity index (χ1v) is 8.09. The van der Waals surface area contributed by atoms with Crippen molar-refractivity contribution in [2.75, 3.05) is 39.8 Å². The zero-order valence-corrected chi connectivity index (χ0v) is 10.4. The molecule has 0 saturated carbocycles. The monoisotopic (exact) mass is 246 g/mol. The summed E-state index contributed by atoms with van der Waals surface area (Å²) in [5, 5.41) is 0. The molecule has 0 N–H and O–H groups in total. The molecule has 7 heteroatoms. The molecule has 0 heterocycles. The van der Waals surface area contributed by atoms with Crippen molar-refractivity contribution in [3.05, 3.63) is 0 Å². The number of methoxy groups -OCH3 is 2. The van der Waals surface area contributed by atoms with Gasteiger partial charge in [0.15, 0.2) is 0 Å². The van der Waals surface area contributed by atoms with Gasteiger partial charge in [0.1, 0.15) is 0 Å². The van der Waals surface area contributed by atoms with Gasteiger partial charge in [-0.05, 0) is 0 Å². The van der Waals surface area contributed by atoms with Crippen LogP contribution < -0.4 is 0 Å². The van der Waals surface area contributed by atoms with Crippen LogP contribution in [0.5, 0.6) is 0 Å². The van der Waals surface area contributed by atoms with Crippen LogP contribution in [-0.2, 0) is 18.6 Å². The molecule has 13 heavy (non-hydrogen) atoms. The highest BCUT2D eigenvalue weighted by atomic mass is 33.1. The SMILES string of the molecule is COCCOP(=O)(S)SCCOC. The molecule has 0 aromatic rings. The van der Waals surface area contributed by atoms with Gasteiger partial charge >= 0.3 is 5.77 Å². The van der Waals surface area contributed by atoms with Crippen LogP contribution in [0.4, 0.5) is 0 Å². The van der Waals surface area contributed by atoms with Gasteiger partial charge in [-0.3, -0.25) is 4.57 Å². The van der Waals surface area contributed by atoms with E-state index in [2.05, 4.69) is 12.2 Å². The molecule has 0 fully saturated rings. The fourth-order valence-electron chi connectivity index (χ4n) is 0.509. The predicted octanol–water partition coefficient (Wildman–Crippen LogP) is 2.07. The Morgan fingerprint density at radius 3 is 2.38 bits per heavy atom. The molecule has 0 amide bonds. The third kappa shape index (κ3) is 9.12. The van der Waals surface area contributed by atoms with E-state index in [1.54, 1.807) is 14.2 Å². The fourth-order valence-corrected chi connectivity index (χ4v) is 3.70. The molecule has 80 valence electrons. The Morgan fingerprint density at radius 1 is 1.23 bits per heavy atom. The van der Waals surface area contributed by atoms with E-state index in [1.807, 2.05) is 0 Å². The van der Waals surface area contributed by atoms with E-state index in [9.17, 15) is 4.57 Å². The topological polar surface area (TPSA) is 44.8 Å². The van der Waals surface area contributed by atoms with Crippen LogP contribution in [0.1, 0.15) is 0 Å². The summed E-state index contributed by atoms with van der Waals surface area (Å²) in [4.78, 5) is 0. The molecule has 0 spiro atoms. The Hall–Kier alpha value is 0.810. The maximum atomic E-state index is 11.5. The van der Waals surface area contributed by atoms with Crippen LogP contribution in [-0.4, -0.2) is 39.8 Å². The Labute approximate surface area is 88.1 Å². The van der Waals surface area contributed by atoms with Gasteiger partial charge < -0.3 is 14.0 Å². The second-order valence-corrected chi connectivity index (χ2v) is 8.59. The van der Waals surface area contributed by atoms with Crippen molar-refractivity contribution in [1.29, 1.82) is 0 Å². The summed E-state index contributed by atoms with van der Waals surface area (Å²) in [6, 6.07) is 0. The molecule has 0 aliphatic carbocycles. The number of hydrogen-bond donors (Lipinski definition) is 1. The van der Waals surface area contributed by atoms with Crippen molar-refractivity contribution in [2.45, 2.75) is 0 Å². The van der Waals surface area contributed by atoms with Crippen molar-refractivity contribution in [1.82, 2.24) is 0 Å². The molecule has 0 bridgehead atoms. The smallest absolute Gasteiger partial charge is 0.310 e. The molecule has 1 unspecified atom stereocenters. The third-order valence-electron chi connectivity index (χ3n) is 1.08. The summed E-state index contributed by atoms with van der Waals surface area (Å²) in [5.74, 6) is -2.19. The van der Waals surface area contributed by atoms with E-state index in [-0.39, 0.29) is 0 Å². The van der Waals surface area contributed by atoms with E-state index in [0.29, 0.717) is 25.6 Å². The maximum absolute atomic E-state index is 11.5. The molecule has 0 rings (SSSR count). The number of ether oxygens (including phenoxy) is 2. The minimum Gasteiger partial charge on any atom is -0.384 e. The lowest BCUT2D eigenvalue weighted by atomic mass is 10.8. The normalized spacial score (nSPS) is 15.6. The average molecular weight is 246 g/mol. The number of hydrogen-bond acceptors (Lipinski definition) is 5. The van der Waals surface area contributed by atoms with E-state index in [1.165, 1.54) is 11.4 Å². The minimum absolute atomic E-state index is 0.303. The lowest BCUT2D eigenvalue weighted by Gasteiger charge is -2.10. The second kappa shape index (κ2) is 8.15. The first-order valence-electron chi connectivity index (χ1n) is 3.72. The summed E-state index contributed by atoms with van der Waals surface area (Å²) in [6.45, 7) is 1.27. The van der Waals surface area contributed by atoms with Gasteiger partial charge in [0.2, 0.25) is 0 Å². The van der Waals surface area contributed by atoms with Crippen molar-refractivity contribution in [3.8, 4) is 0 Å². The zero-order valence-electron chi connectivity index (χ0n) is 7.76. The summed E-state index contributed by atoms with van der Waals surface area (Å²) in [7, 11) is 3.15. The second-order valence-electron chi connectivity index (χ2n) is 2.12. The van der Waals surface area contributed by atoms with Gasteiger partial charge in [0, 0.05) is 20.0 Å². The first-order chi connectivity index (χ1) is 6.12. The van der Waals surface area contributed by atoms with Crippen LogP contribution in [0.3, 0.4) is 0 Å². The summed E-state index contributed by atoms with van der Waals surface area (Å²) in [5.41, 5.74) is 0. The fraction of sp³-hybridized carbons (Fsp3) is 1.00.